The summed E-state index contributed by atoms with van der Waals surface area (Å²) in [7, 11) is 0. The summed E-state index contributed by atoms with van der Waals surface area (Å²) in [5, 5.41) is 8.49. The monoisotopic (exact) mass is 231 g/mol. The molecule has 0 bridgehead atoms. The number of hydrogen-bond acceptors (Lipinski definition) is 1. The van der Waals surface area contributed by atoms with Gasteiger partial charge in [0.05, 0.1) is 11.6 Å². The molecule has 0 amide bonds. The highest BCUT2D eigenvalue weighted by Gasteiger charge is 2.15. The van der Waals surface area contributed by atoms with Gasteiger partial charge in [-0.05, 0) is 12.1 Å². The van der Waals surface area contributed by atoms with Gasteiger partial charge >= 0.3 is 0 Å². The summed E-state index contributed by atoms with van der Waals surface area (Å²) in [5.74, 6) is 0. The summed E-state index contributed by atoms with van der Waals surface area (Å²) < 4.78 is 24.9. The van der Waals surface area contributed by atoms with E-state index in [0.29, 0.717) is 0 Å². The fraction of sp³-hybridized carbons (Fsp3) is 0.125. The van der Waals surface area contributed by atoms with Crippen LogP contribution < -0.4 is 0 Å². The van der Waals surface area contributed by atoms with Crippen LogP contribution >= 0.6 is 15.9 Å². The first kappa shape index (κ1) is 9.14. The maximum atomic E-state index is 12.3. The average Bonchev–Trinajstić information content (AvgIpc) is 2.03. The van der Waals surface area contributed by atoms with E-state index in [0.717, 1.165) is 0 Å². The number of alkyl halides is 2. The van der Waals surface area contributed by atoms with Crippen molar-refractivity contribution in [3.05, 3.63) is 33.8 Å². The van der Waals surface area contributed by atoms with E-state index < -0.39 is 6.43 Å². The molecule has 0 heterocycles. The first-order valence-electron chi connectivity index (χ1n) is 3.13. The van der Waals surface area contributed by atoms with Crippen LogP contribution in [0.15, 0.2) is 22.7 Å². The van der Waals surface area contributed by atoms with E-state index in [1.54, 1.807) is 12.1 Å². The molecule has 0 saturated heterocycles. The summed E-state index contributed by atoms with van der Waals surface area (Å²) >= 11 is 2.96. The molecular formula is C8H4BrF2N. The van der Waals surface area contributed by atoms with Crippen LogP contribution in [0.2, 0.25) is 0 Å². The lowest BCUT2D eigenvalue weighted by Crippen LogP contribution is -1.91. The molecule has 0 saturated carbocycles. The summed E-state index contributed by atoms with van der Waals surface area (Å²) in [6.07, 6.45) is -2.62. The molecule has 4 heteroatoms. The van der Waals surface area contributed by atoms with Gasteiger partial charge in [0, 0.05) is 10.0 Å². The average molecular weight is 232 g/mol. The quantitative estimate of drug-likeness (QED) is 0.728. The van der Waals surface area contributed by atoms with Crippen molar-refractivity contribution in [2.24, 2.45) is 0 Å². The lowest BCUT2D eigenvalue weighted by molar-refractivity contribution is 0.150. The molecule has 0 aromatic heterocycles. The lowest BCUT2D eigenvalue weighted by Gasteiger charge is -2.03. The molecule has 1 rings (SSSR count). The van der Waals surface area contributed by atoms with Crippen LogP contribution in [0.1, 0.15) is 17.6 Å². The third-order valence-corrected chi connectivity index (χ3v) is 2.08. The van der Waals surface area contributed by atoms with Crippen LogP contribution in [0, 0.1) is 11.3 Å². The van der Waals surface area contributed by atoms with Crippen molar-refractivity contribution < 1.29 is 8.78 Å². The van der Waals surface area contributed by atoms with E-state index in [1.165, 1.54) is 12.1 Å². The molecule has 0 radical (unpaired) electrons. The minimum absolute atomic E-state index is 0.0133. The van der Waals surface area contributed by atoms with Crippen molar-refractivity contribution in [1.82, 2.24) is 0 Å². The second-order valence-corrected chi connectivity index (χ2v) is 2.97. The Morgan fingerprint density at radius 2 is 2.08 bits per heavy atom. The van der Waals surface area contributed by atoms with Crippen LogP contribution in [0.3, 0.4) is 0 Å². The predicted molar refractivity (Wildman–Crippen MR) is 43.8 cm³/mol. The number of benzene rings is 1. The van der Waals surface area contributed by atoms with Crippen molar-refractivity contribution >= 4 is 15.9 Å². The third kappa shape index (κ3) is 1.62. The minimum Gasteiger partial charge on any atom is -0.205 e. The molecule has 62 valence electrons. The van der Waals surface area contributed by atoms with Gasteiger partial charge in [-0.2, -0.15) is 5.26 Å². The van der Waals surface area contributed by atoms with Crippen LogP contribution in [-0.2, 0) is 0 Å². The Kier molecular flexibility index (Phi) is 2.77. The molecule has 0 fully saturated rings. The van der Waals surface area contributed by atoms with Gasteiger partial charge in [-0.3, -0.25) is 0 Å². The molecule has 1 nitrogen and oxygen atoms in total. The minimum atomic E-state index is -2.62. The molecule has 0 spiro atoms. The van der Waals surface area contributed by atoms with E-state index in [2.05, 4.69) is 15.9 Å². The van der Waals surface area contributed by atoms with Gasteiger partial charge in [-0.25, -0.2) is 8.78 Å². The SMILES string of the molecule is N#Cc1cccc(Br)c1C(F)F. The van der Waals surface area contributed by atoms with Crippen molar-refractivity contribution in [2.45, 2.75) is 6.43 Å². The second kappa shape index (κ2) is 3.63. The Bertz CT molecular complexity index is 330. The fourth-order valence-corrected chi connectivity index (χ4v) is 1.40. The molecule has 0 N–H and O–H groups in total. The Morgan fingerprint density at radius 3 is 2.50 bits per heavy atom. The Hall–Kier alpha value is -0.950. The summed E-state index contributed by atoms with van der Waals surface area (Å²) in [6.45, 7) is 0. The Labute approximate surface area is 76.8 Å². The third-order valence-electron chi connectivity index (χ3n) is 1.39. The van der Waals surface area contributed by atoms with Crippen molar-refractivity contribution in [1.29, 1.82) is 5.26 Å². The van der Waals surface area contributed by atoms with E-state index >= 15 is 0 Å². The first-order valence-corrected chi connectivity index (χ1v) is 3.92. The highest BCUT2D eigenvalue weighted by atomic mass is 79.9. The lowest BCUT2D eigenvalue weighted by atomic mass is 10.1. The zero-order valence-electron chi connectivity index (χ0n) is 5.89. The topological polar surface area (TPSA) is 23.8 Å². The summed E-state index contributed by atoms with van der Waals surface area (Å²) in [4.78, 5) is 0. The molecule has 0 aliphatic rings. The van der Waals surface area contributed by atoms with Gasteiger partial charge in [0.15, 0.2) is 0 Å². The molecular weight excluding hydrogens is 228 g/mol. The zero-order valence-corrected chi connectivity index (χ0v) is 7.48. The van der Waals surface area contributed by atoms with Crippen molar-refractivity contribution in [3.63, 3.8) is 0 Å². The largest absolute Gasteiger partial charge is 0.266 e. The molecule has 0 atom stereocenters. The van der Waals surface area contributed by atoms with Crippen molar-refractivity contribution in [2.75, 3.05) is 0 Å². The fourth-order valence-electron chi connectivity index (χ4n) is 0.856. The van der Waals surface area contributed by atoms with Gasteiger partial charge in [0.2, 0.25) is 0 Å². The predicted octanol–water partition coefficient (Wildman–Crippen LogP) is 3.26. The molecule has 12 heavy (non-hydrogen) atoms. The highest BCUT2D eigenvalue weighted by Crippen LogP contribution is 2.29. The molecule has 1 aromatic carbocycles. The molecule has 1 aromatic rings. The van der Waals surface area contributed by atoms with Crippen LogP contribution in [0.25, 0.3) is 0 Å². The van der Waals surface area contributed by atoms with E-state index in [4.69, 9.17) is 5.26 Å². The Morgan fingerprint density at radius 1 is 1.42 bits per heavy atom. The smallest absolute Gasteiger partial charge is 0.205 e. The van der Waals surface area contributed by atoms with Crippen LogP contribution in [0.4, 0.5) is 8.78 Å². The van der Waals surface area contributed by atoms with E-state index in [1.807, 2.05) is 0 Å². The normalized spacial score (nSPS) is 9.92. The summed E-state index contributed by atoms with van der Waals surface area (Å²) in [5.41, 5.74) is -0.223. The Balaban J connectivity index is 3.32. The zero-order chi connectivity index (χ0) is 9.14. The molecule has 0 aliphatic carbocycles. The number of rotatable bonds is 1. The summed E-state index contributed by atoms with van der Waals surface area (Å²) in [6, 6.07) is 6.11. The maximum Gasteiger partial charge on any atom is 0.266 e. The van der Waals surface area contributed by atoms with E-state index in [-0.39, 0.29) is 15.6 Å². The van der Waals surface area contributed by atoms with Gasteiger partial charge in [0.25, 0.3) is 6.43 Å². The van der Waals surface area contributed by atoms with Crippen LogP contribution in [-0.4, -0.2) is 0 Å². The number of hydrogen-bond donors (Lipinski definition) is 0. The number of nitrogens with zero attached hydrogens (tertiary/aromatic N) is 1. The maximum absolute atomic E-state index is 12.3. The first-order chi connectivity index (χ1) is 5.66. The van der Waals surface area contributed by atoms with Crippen molar-refractivity contribution in [3.8, 4) is 6.07 Å². The standard InChI is InChI=1S/C8H4BrF2N/c9-6-3-1-2-5(4-12)7(6)8(10)11/h1-3,8H. The second-order valence-electron chi connectivity index (χ2n) is 2.11. The number of nitriles is 1. The van der Waals surface area contributed by atoms with Gasteiger partial charge in [-0.15, -0.1) is 0 Å². The highest BCUT2D eigenvalue weighted by molar-refractivity contribution is 9.10. The van der Waals surface area contributed by atoms with Gasteiger partial charge in [-0.1, -0.05) is 22.0 Å². The molecule has 0 aliphatic heterocycles. The number of halogens is 3. The van der Waals surface area contributed by atoms with E-state index in [9.17, 15) is 8.78 Å². The van der Waals surface area contributed by atoms with Crippen LogP contribution in [0.5, 0.6) is 0 Å². The van der Waals surface area contributed by atoms with Gasteiger partial charge < -0.3 is 0 Å². The van der Waals surface area contributed by atoms with Gasteiger partial charge in [0.1, 0.15) is 0 Å². The molecule has 0 unspecified atom stereocenters.